The summed E-state index contributed by atoms with van der Waals surface area (Å²) in [5.41, 5.74) is 0.624. The number of pyridine rings is 1. The monoisotopic (exact) mass is 269 g/mol. The standard InChI is InChI=1S/C10H12BrN3O/c1-14(9-5-13-6-9)10(15)7-2-8(11)4-12-3-7/h2-4,9,13H,5-6H2,1H3. The highest BCUT2D eigenvalue weighted by Crippen LogP contribution is 2.13. The number of aromatic nitrogens is 1. The first-order chi connectivity index (χ1) is 7.18. The lowest BCUT2D eigenvalue weighted by atomic mass is 10.1. The summed E-state index contributed by atoms with van der Waals surface area (Å²) in [6.07, 6.45) is 3.26. The van der Waals surface area contributed by atoms with Gasteiger partial charge in [0, 0.05) is 37.0 Å². The minimum absolute atomic E-state index is 0.0234. The van der Waals surface area contributed by atoms with Crippen LogP contribution in [0.15, 0.2) is 22.9 Å². The first kappa shape index (κ1) is 10.6. The summed E-state index contributed by atoms with van der Waals surface area (Å²) in [5, 5.41) is 3.14. The van der Waals surface area contributed by atoms with Crippen LogP contribution >= 0.6 is 15.9 Å². The molecule has 0 aliphatic carbocycles. The molecular formula is C10H12BrN3O. The molecule has 80 valence electrons. The van der Waals surface area contributed by atoms with Crippen molar-refractivity contribution >= 4 is 21.8 Å². The highest BCUT2D eigenvalue weighted by molar-refractivity contribution is 9.10. The average molecular weight is 270 g/mol. The van der Waals surface area contributed by atoms with Gasteiger partial charge in [-0.2, -0.15) is 0 Å². The topological polar surface area (TPSA) is 45.2 Å². The molecule has 0 radical (unpaired) electrons. The smallest absolute Gasteiger partial charge is 0.255 e. The SMILES string of the molecule is CN(C(=O)c1cncc(Br)c1)C1CNC1. The van der Waals surface area contributed by atoms with E-state index in [4.69, 9.17) is 0 Å². The molecule has 0 unspecified atom stereocenters. The van der Waals surface area contributed by atoms with Gasteiger partial charge in [-0.1, -0.05) is 0 Å². The van der Waals surface area contributed by atoms with Crippen molar-refractivity contribution in [2.24, 2.45) is 0 Å². The summed E-state index contributed by atoms with van der Waals surface area (Å²) in [7, 11) is 1.83. The molecule has 1 fully saturated rings. The summed E-state index contributed by atoms with van der Waals surface area (Å²) in [5.74, 6) is 0.0234. The largest absolute Gasteiger partial charge is 0.336 e. The zero-order valence-corrected chi connectivity index (χ0v) is 9.99. The van der Waals surface area contributed by atoms with E-state index in [0.717, 1.165) is 17.6 Å². The Kier molecular flexibility index (Phi) is 3.02. The van der Waals surface area contributed by atoms with Crippen LogP contribution in [-0.4, -0.2) is 42.0 Å². The maximum atomic E-state index is 12.0. The van der Waals surface area contributed by atoms with E-state index in [0.29, 0.717) is 11.6 Å². The summed E-state index contributed by atoms with van der Waals surface area (Å²) in [6.45, 7) is 1.76. The van der Waals surface area contributed by atoms with Gasteiger partial charge in [0.15, 0.2) is 0 Å². The Balaban J connectivity index is 2.12. The van der Waals surface area contributed by atoms with Gasteiger partial charge in [-0.15, -0.1) is 0 Å². The third-order valence-corrected chi connectivity index (χ3v) is 3.01. The second-order valence-corrected chi connectivity index (χ2v) is 4.54. The number of nitrogens with one attached hydrogen (secondary N) is 1. The molecule has 0 atom stereocenters. The molecule has 1 saturated heterocycles. The van der Waals surface area contributed by atoms with E-state index in [1.54, 1.807) is 23.4 Å². The van der Waals surface area contributed by atoms with Gasteiger partial charge in [-0.3, -0.25) is 9.78 Å². The molecule has 0 bridgehead atoms. The molecule has 1 amide bonds. The van der Waals surface area contributed by atoms with Crippen LogP contribution in [0.25, 0.3) is 0 Å². The molecule has 2 heterocycles. The number of carbonyl (C=O) groups is 1. The van der Waals surface area contributed by atoms with Crippen LogP contribution in [0.4, 0.5) is 0 Å². The third-order valence-electron chi connectivity index (χ3n) is 2.58. The molecule has 5 heteroatoms. The van der Waals surface area contributed by atoms with Crippen molar-refractivity contribution in [3.63, 3.8) is 0 Å². The molecule has 1 N–H and O–H groups in total. The van der Waals surface area contributed by atoms with Gasteiger partial charge in [0.1, 0.15) is 0 Å². The first-order valence-corrected chi connectivity index (χ1v) is 5.56. The minimum atomic E-state index is 0.0234. The number of rotatable bonds is 2. The van der Waals surface area contributed by atoms with E-state index < -0.39 is 0 Å². The molecule has 1 aliphatic rings. The van der Waals surface area contributed by atoms with Gasteiger partial charge in [-0.05, 0) is 22.0 Å². The highest BCUT2D eigenvalue weighted by atomic mass is 79.9. The second-order valence-electron chi connectivity index (χ2n) is 3.62. The van der Waals surface area contributed by atoms with E-state index in [1.165, 1.54) is 0 Å². The lowest BCUT2D eigenvalue weighted by molar-refractivity contribution is 0.0680. The van der Waals surface area contributed by atoms with Crippen molar-refractivity contribution in [3.05, 3.63) is 28.5 Å². The van der Waals surface area contributed by atoms with Gasteiger partial charge in [0.2, 0.25) is 0 Å². The van der Waals surface area contributed by atoms with Crippen LogP contribution in [-0.2, 0) is 0 Å². The molecule has 4 nitrogen and oxygen atoms in total. The minimum Gasteiger partial charge on any atom is -0.336 e. The molecular weight excluding hydrogens is 258 g/mol. The molecule has 1 aliphatic heterocycles. The Hall–Kier alpha value is -0.940. The van der Waals surface area contributed by atoms with E-state index in [9.17, 15) is 4.79 Å². The number of carbonyl (C=O) groups excluding carboxylic acids is 1. The van der Waals surface area contributed by atoms with Crippen molar-refractivity contribution in [1.82, 2.24) is 15.2 Å². The summed E-state index contributed by atoms with van der Waals surface area (Å²) < 4.78 is 0.827. The van der Waals surface area contributed by atoms with Gasteiger partial charge in [0.25, 0.3) is 5.91 Å². The van der Waals surface area contributed by atoms with Crippen LogP contribution in [0.5, 0.6) is 0 Å². The predicted molar refractivity (Wildman–Crippen MR) is 60.7 cm³/mol. The molecule has 0 saturated carbocycles. The Bertz CT molecular complexity index is 379. The van der Waals surface area contributed by atoms with E-state index in [-0.39, 0.29) is 5.91 Å². The lowest BCUT2D eigenvalue weighted by Gasteiger charge is -2.35. The average Bonchev–Trinajstić information content (AvgIpc) is 2.14. The Morgan fingerprint density at radius 3 is 2.87 bits per heavy atom. The van der Waals surface area contributed by atoms with Crippen molar-refractivity contribution in [2.45, 2.75) is 6.04 Å². The van der Waals surface area contributed by atoms with Gasteiger partial charge < -0.3 is 10.2 Å². The lowest BCUT2D eigenvalue weighted by Crippen LogP contribution is -2.57. The van der Waals surface area contributed by atoms with Crippen molar-refractivity contribution in [3.8, 4) is 0 Å². The number of halogens is 1. The van der Waals surface area contributed by atoms with Crippen molar-refractivity contribution in [1.29, 1.82) is 0 Å². The number of nitrogens with zero attached hydrogens (tertiary/aromatic N) is 2. The van der Waals surface area contributed by atoms with Crippen LogP contribution in [0, 0.1) is 0 Å². The van der Waals surface area contributed by atoms with E-state index in [2.05, 4.69) is 26.2 Å². The fourth-order valence-electron chi connectivity index (χ4n) is 1.45. The van der Waals surface area contributed by atoms with Gasteiger partial charge in [0.05, 0.1) is 11.6 Å². The Morgan fingerprint density at radius 2 is 2.33 bits per heavy atom. The fourth-order valence-corrected chi connectivity index (χ4v) is 1.81. The summed E-state index contributed by atoms with van der Waals surface area (Å²) in [6, 6.07) is 2.11. The van der Waals surface area contributed by atoms with Gasteiger partial charge in [-0.25, -0.2) is 0 Å². The molecule has 1 aromatic heterocycles. The van der Waals surface area contributed by atoms with Crippen LogP contribution < -0.4 is 5.32 Å². The zero-order valence-electron chi connectivity index (χ0n) is 8.40. The van der Waals surface area contributed by atoms with Crippen molar-refractivity contribution in [2.75, 3.05) is 20.1 Å². The molecule has 2 rings (SSSR count). The normalized spacial score (nSPS) is 15.9. The third kappa shape index (κ3) is 2.18. The number of likely N-dealkylation sites (N-methyl/N-ethyl adjacent to an activating group) is 1. The summed E-state index contributed by atoms with van der Waals surface area (Å²) in [4.78, 5) is 17.7. The number of hydrogen-bond donors (Lipinski definition) is 1. The molecule has 0 spiro atoms. The van der Waals surface area contributed by atoms with E-state index >= 15 is 0 Å². The predicted octanol–water partition coefficient (Wildman–Crippen LogP) is 0.888. The van der Waals surface area contributed by atoms with E-state index in [1.807, 2.05) is 7.05 Å². The first-order valence-electron chi connectivity index (χ1n) is 4.77. The maximum Gasteiger partial charge on any atom is 0.255 e. The van der Waals surface area contributed by atoms with Gasteiger partial charge >= 0.3 is 0 Å². The molecule has 0 aromatic carbocycles. The quantitative estimate of drug-likeness (QED) is 0.868. The molecule has 15 heavy (non-hydrogen) atoms. The Labute approximate surface area is 96.8 Å². The number of amides is 1. The van der Waals surface area contributed by atoms with Crippen molar-refractivity contribution < 1.29 is 4.79 Å². The summed E-state index contributed by atoms with van der Waals surface area (Å²) >= 11 is 3.30. The molecule has 1 aromatic rings. The fraction of sp³-hybridized carbons (Fsp3) is 0.400. The van der Waals surface area contributed by atoms with Crippen LogP contribution in [0.2, 0.25) is 0 Å². The maximum absolute atomic E-state index is 12.0. The zero-order chi connectivity index (χ0) is 10.8. The van der Waals surface area contributed by atoms with Crippen LogP contribution in [0.1, 0.15) is 10.4 Å². The second kappa shape index (κ2) is 4.28. The Morgan fingerprint density at radius 1 is 1.60 bits per heavy atom. The highest BCUT2D eigenvalue weighted by Gasteiger charge is 2.26. The van der Waals surface area contributed by atoms with Crippen LogP contribution in [0.3, 0.4) is 0 Å². The number of hydrogen-bond acceptors (Lipinski definition) is 3.